The normalized spacial score (nSPS) is 22.7. The quantitative estimate of drug-likeness (QED) is 0.445. The molecule has 1 aliphatic heterocycles. The van der Waals surface area contributed by atoms with Gasteiger partial charge in [-0.25, -0.2) is 9.59 Å². The van der Waals surface area contributed by atoms with Gasteiger partial charge in [0.15, 0.2) is 0 Å². The molecular weight excluding hydrogens is 318 g/mol. The third kappa shape index (κ3) is 2.53. The average molecular weight is 337 g/mol. The summed E-state index contributed by atoms with van der Waals surface area (Å²) in [5.74, 6) is -4.02. The van der Waals surface area contributed by atoms with Crippen molar-refractivity contribution in [2.45, 2.75) is 11.6 Å². The van der Waals surface area contributed by atoms with Gasteiger partial charge in [0.1, 0.15) is 12.0 Å². The lowest BCUT2D eigenvalue weighted by molar-refractivity contribution is -0.203. The highest BCUT2D eigenvalue weighted by molar-refractivity contribution is 6.09. The molecule has 1 aromatic carbocycles. The first-order chi connectivity index (χ1) is 11.4. The van der Waals surface area contributed by atoms with Gasteiger partial charge in [-0.05, 0) is 5.56 Å². The number of benzene rings is 1. The molecule has 2 atom stereocenters. The molecule has 1 aliphatic rings. The second-order valence-electron chi connectivity index (χ2n) is 5.18. The van der Waals surface area contributed by atoms with Gasteiger partial charge in [0.2, 0.25) is 0 Å². The number of hydrogen-bond donors (Lipinski definition) is 0. The average Bonchev–Trinajstić information content (AvgIpc) is 2.94. The molecule has 1 heterocycles. The van der Waals surface area contributed by atoms with Gasteiger partial charge in [0.05, 0.1) is 21.3 Å². The van der Waals surface area contributed by atoms with Crippen LogP contribution in [0, 0.1) is 5.92 Å². The Bertz CT molecular complexity index is 615. The lowest BCUT2D eigenvalue weighted by atomic mass is 9.78. The summed E-state index contributed by atoms with van der Waals surface area (Å²) in [6, 6.07) is 8.74. The molecule has 8 heteroatoms. The molecule has 0 aliphatic carbocycles. The lowest BCUT2D eigenvalue weighted by Crippen LogP contribution is -2.61. The van der Waals surface area contributed by atoms with Crippen LogP contribution in [0.5, 0.6) is 0 Å². The van der Waals surface area contributed by atoms with Gasteiger partial charge in [0, 0.05) is 7.05 Å². The van der Waals surface area contributed by atoms with E-state index in [0.29, 0.717) is 5.56 Å². The zero-order chi connectivity index (χ0) is 17.9. The molecule has 130 valence electrons. The van der Waals surface area contributed by atoms with Crippen molar-refractivity contribution in [2.75, 3.05) is 28.4 Å². The first-order valence-electron chi connectivity index (χ1n) is 7.15. The van der Waals surface area contributed by atoms with Crippen molar-refractivity contribution in [1.29, 1.82) is 0 Å². The second kappa shape index (κ2) is 6.98. The summed E-state index contributed by atoms with van der Waals surface area (Å²) in [7, 11) is 4.77. The Morgan fingerprint density at radius 1 is 1.00 bits per heavy atom. The van der Waals surface area contributed by atoms with E-state index in [1.807, 2.05) is 0 Å². The van der Waals surface area contributed by atoms with Gasteiger partial charge in [-0.15, -0.1) is 0 Å². The van der Waals surface area contributed by atoms with Crippen molar-refractivity contribution in [3.63, 3.8) is 0 Å². The van der Waals surface area contributed by atoms with Crippen LogP contribution in [0.25, 0.3) is 0 Å². The van der Waals surface area contributed by atoms with Crippen LogP contribution in [0.2, 0.25) is 0 Å². The molecule has 24 heavy (non-hydrogen) atoms. The highest BCUT2D eigenvalue weighted by Crippen LogP contribution is 2.46. The third-order valence-electron chi connectivity index (χ3n) is 4.10. The summed E-state index contributed by atoms with van der Waals surface area (Å²) < 4.78 is 14.4. The first-order valence-corrected chi connectivity index (χ1v) is 7.15. The fraction of sp³-hybridized carbons (Fsp3) is 0.438. The summed E-state index contributed by atoms with van der Waals surface area (Å²) >= 11 is 0. The van der Waals surface area contributed by atoms with Crippen molar-refractivity contribution in [2.24, 2.45) is 5.92 Å². The Labute approximate surface area is 139 Å². The number of hydrogen-bond acceptors (Lipinski definition) is 8. The molecule has 0 N–H and O–H groups in total. The molecule has 0 aromatic heterocycles. The minimum Gasteiger partial charge on any atom is -0.469 e. The minimum atomic E-state index is -2.10. The van der Waals surface area contributed by atoms with Gasteiger partial charge in [-0.2, -0.15) is 5.06 Å². The van der Waals surface area contributed by atoms with E-state index < -0.39 is 35.5 Å². The zero-order valence-electron chi connectivity index (χ0n) is 13.8. The number of ether oxygens (including phenoxy) is 3. The van der Waals surface area contributed by atoms with E-state index in [2.05, 4.69) is 0 Å². The van der Waals surface area contributed by atoms with Crippen LogP contribution in [0.15, 0.2) is 30.3 Å². The Kier molecular flexibility index (Phi) is 5.20. The maximum atomic E-state index is 12.5. The highest BCUT2D eigenvalue weighted by Gasteiger charge is 2.69. The Hall–Kier alpha value is -2.45. The largest absolute Gasteiger partial charge is 0.469 e. The number of methoxy groups -OCH3 is 3. The van der Waals surface area contributed by atoms with E-state index >= 15 is 0 Å². The van der Waals surface area contributed by atoms with Crippen LogP contribution in [-0.4, -0.2) is 56.9 Å². The SMILES string of the molecule is COC(=O)C1C(c2ccccc2)ON(C)C1(C(=O)OC)C(=O)OC. The topological polar surface area (TPSA) is 91.4 Å². The van der Waals surface area contributed by atoms with Crippen molar-refractivity contribution >= 4 is 17.9 Å². The number of carbonyl (C=O) groups is 3. The molecule has 0 spiro atoms. The molecule has 0 amide bonds. The molecule has 0 saturated carbocycles. The van der Waals surface area contributed by atoms with Crippen LogP contribution in [-0.2, 0) is 33.4 Å². The monoisotopic (exact) mass is 337 g/mol. The Balaban J connectivity index is 2.65. The van der Waals surface area contributed by atoms with E-state index in [1.54, 1.807) is 30.3 Å². The summed E-state index contributed by atoms with van der Waals surface area (Å²) in [5, 5.41) is 1.00. The fourth-order valence-electron chi connectivity index (χ4n) is 2.95. The summed E-state index contributed by atoms with van der Waals surface area (Å²) in [5.41, 5.74) is -1.49. The Morgan fingerprint density at radius 3 is 2.00 bits per heavy atom. The number of esters is 3. The predicted octanol–water partition coefficient (Wildman–Crippen LogP) is 0.479. The standard InChI is InChI=1S/C16H19NO7/c1-17-16(14(19)22-3,15(20)23-4)11(13(18)21-2)12(24-17)10-8-6-5-7-9-10/h5-9,11-12H,1-4H3. The minimum absolute atomic E-state index is 0.606. The van der Waals surface area contributed by atoms with E-state index in [4.69, 9.17) is 19.0 Å². The number of likely N-dealkylation sites (N-methyl/N-ethyl adjacent to an activating group) is 1. The van der Waals surface area contributed by atoms with Crippen molar-refractivity contribution in [3.8, 4) is 0 Å². The van der Waals surface area contributed by atoms with E-state index in [-0.39, 0.29) is 0 Å². The predicted molar refractivity (Wildman–Crippen MR) is 80.3 cm³/mol. The van der Waals surface area contributed by atoms with Gasteiger partial charge in [0.25, 0.3) is 5.54 Å². The molecule has 8 nitrogen and oxygen atoms in total. The first kappa shape index (κ1) is 17.9. The molecule has 0 bridgehead atoms. The number of nitrogens with zero attached hydrogens (tertiary/aromatic N) is 1. The van der Waals surface area contributed by atoms with Crippen LogP contribution >= 0.6 is 0 Å². The van der Waals surface area contributed by atoms with Crippen molar-refractivity contribution in [1.82, 2.24) is 5.06 Å². The summed E-state index contributed by atoms with van der Waals surface area (Å²) in [4.78, 5) is 43.1. The molecule has 2 unspecified atom stereocenters. The van der Waals surface area contributed by atoms with Gasteiger partial charge >= 0.3 is 17.9 Å². The molecule has 1 saturated heterocycles. The van der Waals surface area contributed by atoms with Crippen LogP contribution in [0.3, 0.4) is 0 Å². The van der Waals surface area contributed by atoms with E-state index in [0.717, 1.165) is 19.3 Å². The number of carbonyl (C=O) groups excluding carboxylic acids is 3. The maximum absolute atomic E-state index is 12.5. The summed E-state index contributed by atoms with van der Waals surface area (Å²) in [6.07, 6.45) is -0.915. The van der Waals surface area contributed by atoms with Crippen LogP contribution < -0.4 is 0 Å². The van der Waals surface area contributed by atoms with Gasteiger partial charge in [-0.1, -0.05) is 30.3 Å². The van der Waals surface area contributed by atoms with Crippen LogP contribution in [0.1, 0.15) is 11.7 Å². The molecular formula is C16H19NO7. The number of rotatable bonds is 4. The summed E-state index contributed by atoms with van der Waals surface area (Å²) in [6.45, 7) is 0. The van der Waals surface area contributed by atoms with Crippen LogP contribution in [0.4, 0.5) is 0 Å². The second-order valence-corrected chi connectivity index (χ2v) is 5.18. The molecule has 1 fully saturated rings. The third-order valence-corrected chi connectivity index (χ3v) is 4.10. The van der Waals surface area contributed by atoms with E-state index in [1.165, 1.54) is 14.2 Å². The molecule has 2 rings (SSSR count). The zero-order valence-corrected chi connectivity index (χ0v) is 13.8. The lowest BCUT2D eigenvalue weighted by Gasteiger charge is -2.31. The Morgan fingerprint density at radius 2 is 1.54 bits per heavy atom. The van der Waals surface area contributed by atoms with E-state index in [9.17, 15) is 14.4 Å². The number of hydroxylamine groups is 2. The van der Waals surface area contributed by atoms with Crippen molar-refractivity contribution < 1.29 is 33.4 Å². The molecule has 0 radical (unpaired) electrons. The molecule has 1 aromatic rings. The van der Waals surface area contributed by atoms with Crippen molar-refractivity contribution in [3.05, 3.63) is 35.9 Å². The fourth-order valence-corrected chi connectivity index (χ4v) is 2.95. The highest BCUT2D eigenvalue weighted by atomic mass is 16.7. The van der Waals surface area contributed by atoms with Gasteiger partial charge in [-0.3, -0.25) is 9.63 Å². The smallest absolute Gasteiger partial charge is 0.341 e. The van der Waals surface area contributed by atoms with Gasteiger partial charge < -0.3 is 14.2 Å². The maximum Gasteiger partial charge on any atom is 0.341 e.